The van der Waals surface area contributed by atoms with Crippen LogP contribution in [0.25, 0.3) is 11.3 Å². The summed E-state index contributed by atoms with van der Waals surface area (Å²) >= 11 is 0. The summed E-state index contributed by atoms with van der Waals surface area (Å²) < 4.78 is 59.9. The molecular formula is C21H15F4N3O2. The van der Waals surface area contributed by atoms with Crippen LogP contribution < -0.4 is 5.32 Å². The lowest BCUT2D eigenvalue weighted by Gasteiger charge is -2.41. The van der Waals surface area contributed by atoms with E-state index >= 15 is 0 Å². The van der Waals surface area contributed by atoms with Crippen LogP contribution in [0.4, 0.5) is 23.2 Å². The van der Waals surface area contributed by atoms with Crippen LogP contribution in [-0.2, 0) is 21.1 Å². The van der Waals surface area contributed by atoms with Crippen molar-refractivity contribution in [3.8, 4) is 11.3 Å². The number of nitrogens with zero attached hydrogens (tertiary/aromatic N) is 2. The average Bonchev–Trinajstić information content (AvgIpc) is 2.69. The van der Waals surface area contributed by atoms with E-state index < -0.39 is 29.0 Å². The number of benzene rings is 1. The number of anilines is 1. The summed E-state index contributed by atoms with van der Waals surface area (Å²) in [6.45, 7) is -0.450. The maximum Gasteiger partial charge on any atom is 0.433 e. The second-order valence-corrected chi connectivity index (χ2v) is 6.87. The van der Waals surface area contributed by atoms with E-state index in [0.29, 0.717) is 5.56 Å². The van der Waals surface area contributed by atoms with E-state index in [1.54, 1.807) is 12.1 Å². The van der Waals surface area contributed by atoms with Crippen LogP contribution >= 0.6 is 0 Å². The number of hydrogen-bond donors (Lipinski definition) is 1. The maximum atomic E-state index is 13.9. The van der Waals surface area contributed by atoms with Gasteiger partial charge in [-0.2, -0.15) is 13.2 Å². The third-order valence-corrected chi connectivity index (χ3v) is 4.87. The van der Waals surface area contributed by atoms with Gasteiger partial charge >= 0.3 is 6.18 Å². The quantitative estimate of drug-likeness (QED) is 0.646. The fourth-order valence-electron chi connectivity index (χ4n) is 3.24. The molecule has 30 heavy (non-hydrogen) atoms. The third-order valence-electron chi connectivity index (χ3n) is 4.87. The molecule has 5 nitrogen and oxygen atoms in total. The van der Waals surface area contributed by atoms with Gasteiger partial charge in [-0.1, -0.05) is 6.07 Å². The summed E-state index contributed by atoms with van der Waals surface area (Å²) in [5, 5.41) is 2.54. The van der Waals surface area contributed by atoms with Crippen LogP contribution in [0.15, 0.2) is 60.9 Å². The van der Waals surface area contributed by atoms with Crippen molar-refractivity contribution >= 4 is 11.6 Å². The molecule has 9 heteroatoms. The van der Waals surface area contributed by atoms with Gasteiger partial charge in [0.25, 0.3) is 0 Å². The van der Waals surface area contributed by atoms with Gasteiger partial charge in [0.1, 0.15) is 16.9 Å². The lowest BCUT2D eigenvalue weighted by molar-refractivity contribution is -0.149. The van der Waals surface area contributed by atoms with E-state index in [2.05, 4.69) is 15.3 Å². The molecule has 4 rings (SSSR count). The maximum absolute atomic E-state index is 13.9. The van der Waals surface area contributed by atoms with Crippen molar-refractivity contribution < 1.29 is 27.1 Å². The first kappa shape index (κ1) is 20.0. The molecule has 1 aliphatic rings. The standard InChI is InChI=1S/C21H15F4N3O2/c22-14-3-5-15(6-4-14)27-19(29)20(11-30-12-20)16-7-8-17(13-2-1-9-26-10-13)28-18(16)21(23,24)25/h1-10H,11-12H2,(H,27,29). The van der Waals surface area contributed by atoms with Crippen LogP contribution in [0.1, 0.15) is 11.3 Å². The highest BCUT2D eigenvalue weighted by Crippen LogP contribution is 2.42. The molecule has 0 spiro atoms. The SMILES string of the molecule is O=C(Nc1ccc(F)cc1)C1(c2ccc(-c3cccnc3)nc2C(F)(F)F)COC1. The Labute approximate surface area is 168 Å². The highest BCUT2D eigenvalue weighted by molar-refractivity contribution is 6.00. The Kier molecular flexibility index (Phi) is 4.98. The minimum Gasteiger partial charge on any atom is -0.378 e. The van der Waals surface area contributed by atoms with E-state index in [1.165, 1.54) is 36.7 Å². The molecule has 1 aromatic carbocycles. The summed E-state index contributed by atoms with van der Waals surface area (Å²) in [5.74, 6) is -1.17. The number of carbonyl (C=O) groups excluding carboxylic acids is 1. The Balaban J connectivity index is 1.75. The molecule has 2 aromatic heterocycles. The van der Waals surface area contributed by atoms with E-state index in [9.17, 15) is 22.4 Å². The van der Waals surface area contributed by atoms with Crippen molar-refractivity contribution in [2.45, 2.75) is 11.6 Å². The average molecular weight is 417 g/mol. The zero-order chi connectivity index (χ0) is 21.4. The summed E-state index contributed by atoms with van der Waals surface area (Å²) in [4.78, 5) is 20.7. The number of halogens is 4. The van der Waals surface area contributed by atoms with E-state index in [4.69, 9.17) is 4.74 Å². The topological polar surface area (TPSA) is 64.1 Å². The molecule has 1 N–H and O–H groups in total. The number of aromatic nitrogens is 2. The Morgan fingerprint density at radius 3 is 2.37 bits per heavy atom. The van der Waals surface area contributed by atoms with Crippen molar-refractivity contribution in [2.75, 3.05) is 18.5 Å². The smallest absolute Gasteiger partial charge is 0.378 e. The van der Waals surface area contributed by atoms with Crippen molar-refractivity contribution in [3.05, 3.63) is 78.0 Å². The highest BCUT2D eigenvalue weighted by Gasteiger charge is 2.52. The van der Waals surface area contributed by atoms with Crippen LogP contribution in [0.3, 0.4) is 0 Å². The van der Waals surface area contributed by atoms with E-state index in [0.717, 1.165) is 12.1 Å². The van der Waals surface area contributed by atoms with Crippen LogP contribution in [0.2, 0.25) is 0 Å². The van der Waals surface area contributed by atoms with Crippen LogP contribution in [0, 0.1) is 5.82 Å². The Hall–Kier alpha value is -3.33. The van der Waals surface area contributed by atoms with Crippen LogP contribution in [0.5, 0.6) is 0 Å². The zero-order valence-corrected chi connectivity index (χ0v) is 15.4. The summed E-state index contributed by atoms with van der Waals surface area (Å²) in [6, 6.07) is 10.8. The van der Waals surface area contributed by atoms with Gasteiger partial charge in [0.15, 0.2) is 0 Å². The molecule has 0 unspecified atom stereocenters. The van der Waals surface area contributed by atoms with Crippen molar-refractivity contribution in [3.63, 3.8) is 0 Å². The minimum atomic E-state index is -4.79. The molecule has 0 bridgehead atoms. The van der Waals surface area contributed by atoms with Gasteiger partial charge in [-0.05, 0) is 42.5 Å². The van der Waals surface area contributed by atoms with Crippen molar-refractivity contribution in [1.82, 2.24) is 9.97 Å². The van der Waals surface area contributed by atoms with Gasteiger partial charge < -0.3 is 10.1 Å². The highest BCUT2D eigenvalue weighted by atomic mass is 19.4. The summed E-state index contributed by atoms with van der Waals surface area (Å²) in [5.41, 5.74) is -2.20. The molecule has 3 heterocycles. The summed E-state index contributed by atoms with van der Waals surface area (Å²) in [7, 11) is 0. The molecule has 0 aliphatic carbocycles. The lowest BCUT2D eigenvalue weighted by Crippen LogP contribution is -2.56. The van der Waals surface area contributed by atoms with Gasteiger partial charge in [-0.3, -0.25) is 9.78 Å². The molecule has 1 saturated heterocycles. The minimum absolute atomic E-state index is 0.0912. The predicted octanol–water partition coefficient (Wildman–Crippen LogP) is 4.21. The van der Waals surface area contributed by atoms with Crippen molar-refractivity contribution in [1.29, 1.82) is 0 Å². The molecule has 1 fully saturated rings. The van der Waals surface area contributed by atoms with E-state index in [-0.39, 0.29) is 30.2 Å². The number of ether oxygens (including phenoxy) is 1. The molecular weight excluding hydrogens is 402 g/mol. The lowest BCUT2D eigenvalue weighted by atomic mass is 9.76. The molecule has 1 amide bonds. The number of amides is 1. The van der Waals surface area contributed by atoms with E-state index in [1.807, 2.05) is 0 Å². The monoisotopic (exact) mass is 417 g/mol. The van der Waals surface area contributed by atoms with Gasteiger partial charge in [-0.15, -0.1) is 0 Å². The zero-order valence-electron chi connectivity index (χ0n) is 15.4. The van der Waals surface area contributed by atoms with Gasteiger partial charge in [0, 0.05) is 29.2 Å². The number of pyridine rings is 2. The number of hydrogen-bond acceptors (Lipinski definition) is 4. The fraction of sp³-hybridized carbons (Fsp3) is 0.190. The normalized spacial score (nSPS) is 15.3. The second-order valence-electron chi connectivity index (χ2n) is 6.87. The largest absolute Gasteiger partial charge is 0.433 e. The number of carbonyl (C=O) groups is 1. The fourth-order valence-corrected chi connectivity index (χ4v) is 3.24. The first-order valence-electron chi connectivity index (χ1n) is 8.93. The number of nitrogens with one attached hydrogen (secondary N) is 1. The number of rotatable bonds is 4. The Morgan fingerprint density at radius 1 is 1.07 bits per heavy atom. The predicted molar refractivity (Wildman–Crippen MR) is 100.0 cm³/mol. The Morgan fingerprint density at radius 2 is 1.80 bits per heavy atom. The third kappa shape index (κ3) is 3.63. The molecule has 0 radical (unpaired) electrons. The van der Waals surface area contributed by atoms with Gasteiger partial charge in [-0.25, -0.2) is 9.37 Å². The number of alkyl halides is 3. The molecule has 1 aliphatic heterocycles. The summed E-state index contributed by atoms with van der Waals surface area (Å²) in [6.07, 6.45) is -1.87. The Bertz CT molecular complexity index is 1070. The first-order chi connectivity index (χ1) is 14.3. The molecule has 0 atom stereocenters. The van der Waals surface area contributed by atoms with Gasteiger partial charge in [0.05, 0.1) is 18.9 Å². The van der Waals surface area contributed by atoms with Gasteiger partial charge in [0.2, 0.25) is 5.91 Å². The molecule has 154 valence electrons. The second kappa shape index (κ2) is 7.49. The first-order valence-corrected chi connectivity index (χ1v) is 8.93. The van der Waals surface area contributed by atoms with Crippen LogP contribution in [-0.4, -0.2) is 29.1 Å². The van der Waals surface area contributed by atoms with Crippen molar-refractivity contribution in [2.24, 2.45) is 0 Å². The molecule has 0 saturated carbocycles. The molecule has 3 aromatic rings.